The summed E-state index contributed by atoms with van der Waals surface area (Å²) in [5.74, 6) is 1.06. The fourth-order valence-electron chi connectivity index (χ4n) is 1.09. The number of hydrogen-bond donors (Lipinski definition) is 0. The van der Waals surface area contributed by atoms with Crippen molar-refractivity contribution in [3.63, 3.8) is 0 Å². The molecule has 0 fully saturated rings. The van der Waals surface area contributed by atoms with Crippen LogP contribution in [0.15, 0.2) is 24.4 Å². The van der Waals surface area contributed by atoms with Gasteiger partial charge >= 0.3 is 0 Å². The van der Waals surface area contributed by atoms with Gasteiger partial charge in [0, 0.05) is 19.8 Å². The molecule has 1 rings (SSSR count). The van der Waals surface area contributed by atoms with Crippen molar-refractivity contribution < 1.29 is 0 Å². The summed E-state index contributed by atoms with van der Waals surface area (Å²) in [6.45, 7) is 3.29. The second-order valence-corrected chi connectivity index (χ2v) is 2.96. The first-order valence-corrected chi connectivity index (χ1v) is 4.46. The van der Waals surface area contributed by atoms with Gasteiger partial charge in [-0.3, -0.25) is 0 Å². The summed E-state index contributed by atoms with van der Waals surface area (Å²) in [4.78, 5) is 6.44. The molecule has 0 unspecified atom stereocenters. The molecule has 0 saturated heterocycles. The van der Waals surface area contributed by atoms with Crippen molar-refractivity contribution in [1.82, 2.24) is 4.98 Å². The zero-order chi connectivity index (χ0) is 8.81. The lowest BCUT2D eigenvalue weighted by atomic mass is 10.3. The summed E-state index contributed by atoms with van der Waals surface area (Å²) in [5.41, 5.74) is 0. The van der Waals surface area contributed by atoms with Gasteiger partial charge in [0.25, 0.3) is 0 Å². The summed E-state index contributed by atoms with van der Waals surface area (Å²) < 4.78 is 0. The molecular formula is C10H16N2. The van der Waals surface area contributed by atoms with Crippen LogP contribution in [0, 0.1) is 0 Å². The van der Waals surface area contributed by atoms with Crippen LogP contribution in [0.5, 0.6) is 0 Å². The molecule has 2 nitrogen and oxygen atoms in total. The van der Waals surface area contributed by atoms with Crippen molar-refractivity contribution >= 4 is 5.82 Å². The SMILES string of the molecule is CCCCN(C)c1ccccn1. The summed E-state index contributed by atoms with van der Waals surface area (Å²) in [7, 11) is 2.08. The molecule has 1 heterocycles. The van der Waals surface area contributed by atoms with Crippen LogP contribution in [0.3, 0.4) is 0 Å². The Morgan fingerprint density at radius 2 is 2.25 bits per heavy atom. The van der Waals surface area contributed by atoms with E-state index in [1.165, 1.54) is 12.8 Å². The summed E-state index contributed by atoms with van der Waals surface area (Å²) >= 11 is 0. The number of rotatable bonds is 4. The van der Waals surface area contributed by atoms with E-state index in [0.29, 0.717) is 0 Å². The minimum atomic E-state index is 1.06. The highest BCUT2D eigenvalue weighted by Gasteiger charge is 1.98. The molecule has 0 saturated carbocycles. The molecule has 0 aliphatic heterocycles. The zero-order valence-corrected chi connectivity index (χ0v) is 7.83. The maximum Gasteiger partial charge on any atom is 0.128 e. The highest BCUT2D eigenvalue weighted by atomic mass is 15.2. The molecule has 0 aliphatic carbocycles. The lowest BCUT2D eigenvalue weighted by Crippen LogP contribution is -2.19. The third-order valence-corrected chi connectivity index (χ3v) is 1.89. The van der Waals surface area contributed by atoms with Crippen LogP contribution in [0.2, 0.25) is 0 Å². The molecule has 2 heteroatoms. The summed E-state index contributed by atoms with van der Waals surface area (Å²) in [6, 6.07) is 6.00. The van der Waals surface area contributed by atoms with Crippen LogP contribution < -0.4 is 4.90 Å². The maximum atomic E-state index is 4.26. The Balaban J connectivity index is 2.48. The quantitative estimate of drug-likeness (QED) is 0.679. The first-order chi connectivity index (χ1) is 5.84. The molecule has 0 bridgehead atoms. The zero-order valence-electron chi connectivity index (χ0n) is 7.83. The van der Waals surface area contributed by atoms with E-state index in [1.807, 2.05) is 24.4 Å². The molecule has 0 radical (unpaired) electrons. The van der Waals surface area contributed by atoms with Gasteiger partial charge in [0.05, 0.1) is 0 Å². The second-order valence-electron chi connectivity index (χ2n) is 2.96. The van der Waals surface area contributed by atoms with E-state index >= 15 is 0 Å². The minimum Gasteiger partial charge on any atom is -0.360 e. The normalized spacial score (nSPS) is 9.83. The highest BCUT2D eigenvalue weighted by molar-refractivity contribution is 5.35. The van der Waals surface area contributed by atoms with Crippen molar-refractivity contribution in [3.05, 3.63) is 24.4 Å². The van der Waals surface area contributed by atoms with E-state index < -0.39 is 0 Å². The van der Waals surface area contributed by atoms with Crippen LogP contribution >= 0.6 is 0 Å². The molecule has 0 aliphatic rings. The topological polar surface area (TPSA) is 16.1 Å². The number of nitrogens with zero attached hydrogens (tertiary/aromatic N) is 2. The van der Waals surface area contributed by atoms with Gasteiger partial charge in [0.2, 0.25) is 0 Å². The smallest absolute Gasteiger partial charge is 0.128 e. The molecule has 66 valence electrons. The Hall–Kier alpha value is -1.05. The maximum absolute atomic E-state index is 4.26. The van der Waals surface area contributed by atoms with E-state index in [0.717, 1.165) is 12.4 Å². The van der Waals surface area contributed by atoms with E-state index in [1.54, 1.807) is 0 Å². The second kappa shape index (κ2) is 4.75. The predicted molar refractivity (Wildman–Crippen MR) is 52.4 cm³/mol. The molecule has 0 N–H and O–H groups in total. The Bertz CT molecular complexity index is 208. The van der Waals surface area contributed by atoms with Gasteiger partial charge in [-0.1, -0.05) is 19.4 Å². The van der Waals surface area contributed by atoms with Gasteiger partial charge in [-0.25, -0.2) is 4.98 Å². The van der Waals surface area contributed by atoms with Crippen molar-refractivity contribution in [2.45, 2.75) is 19.8 Å². The van der Waals surface area contributed by atoms with Gasteiger partial charge < -0.3 is 4.90 Å². The Morgan fingerprint density at radius 1 is 1.42 bits per heavy atom. The standard InChI is InChI=1S/C10H16N2/c1-3-4-9-12(2)10-7-5-6-8-11-10/h5-8H,3-4,9H2,1-2H3. The van der Waals surface area contributed by atoms with Gasteiger partial charge in [-0.05, 0) is 18.6 Å². The van der Waals surface area contributed by atoms with Crippen molar-refractivity contribution in [3.8, 4) is 0 Å². The summed E-state index contributed by atoms with van der Waals surface area (Å²) in [5, 5.41) is 0. The number of pyridine rings is 1. The monoisotopic (exact) mass is 164 g/mol. The van der Waals surface area contributed by atoms with Crippen LogP contribution in [-0.4, -0.2) is 18.6 Å². The first-order valence-electron chi connectivity index (χ1n) is 4.46. The van der Waals surface area contributed by atoms with E-state index in [2.05, 4.69) is 23.9 Å². The lowest BCUT2D eigenvalue weighted by Gasteiger charge is -2.16. The lowest BCUT2D eigenvalue weighted by molar-refractivity contribution is 0.759. The number of anilines is 1. The van der Waals surface area contributed by atoms with E-state index in [-0.39, 0.29) is 0 Å². The molecule has 0 atom stereocenters. The van der Waals surface area contributed by atoms with Gasteiger partial charge in [-0.15, -0.1) is 0 Å². The highest BCUT2D eigenvalue weighted by Crippen LogP contribution is 2.06. The Kier molecular flexibility index (Phi) is 3.58. The molecule has 1 aromatic heterocycles. The fraction of sp³-hybridized carbons (Fsp3) is 0.500. The molecule has 0 aromatic carbocycles. The largest absolute Gasteiger partial charge is 0.360 e. The molecule has 0 amide bonds. The van der Waals surface area contributed by atoms with Crippen LogP contribution in [0.1, 0.15) is 19.8 Å². The van der Waals surface area contributed by atoms with Crippen molar-refractivity contribution in [2.75, 3.05) is 18.5 Å². The number of aromatic nitrogens is 1. The average Bonchev–Trinajstić information content (AvgIpc) is 2.15. The number of hydrogen-bond acceptors (Lipinski definition) is 2. The van der Waals surface area contributed by atoms with Crippen LogP contribution in [-0.2, 0) is 0 Å². The summed E-state index contributed by atoms with van der Waals surface area (Å²) in [6.07, 6.45) is 4.29. The fourth-order valence-corrected chi connectivity index (χ4v) is 1.09. The van der Waals surface area contributed by atoms with Gasteiger partial charge in [0.1, 0.15) is 5.82 Å². The molecule has 1 aromatic rings. The van der Waals surface area contributed by atoms with Crippen LogP contribution in [0.25, 0.3) is 0 Å². The number of unbranched alkanes of at least 4 members (excludes halogenated alkanes) is 1. The third kappa shape index (κ3) is 2.53. The third-order valence-electron chi connectivity index (χ3n) is 1.89. The van der Waals surface area contributed by atoms with Crippen molar-refractivity contribution in [1.29, 1.82) is 0 Å². The molecule has 0 spiro atoms. The Labute approximate surface area is 74.2 Å². The van der Waals surface area contributed by atoms with Gasteiger partial charge in [-0.2, -0.15) is 0 Å². The first kappa shape index (κ1) is 9.04. The van der Waals surface area contributed by atoms with Crippen LogP contribution in [0.4, 0.5) is 5.82 Å². The molecule has 12 heavy (non-hydrogen) atoms. The minimum absolute atomic E-state index is 1.06. The predicted octanol–water partition coefficient (Wildman–Crippen LogP) is 2.32. The molecular weight excluding hydrogens is 148 g/mol. The van der Waals surface area contributed by atoms with Gasteiger partial charge in [0.15, 0.2) is 0 Å². The Morgan fingerprint density at radius 3 is 2.83 bits per heavy atom. The average molecular weight is 164 g/mol. The van der Waals surface area contributed by atoms with E-state index in [4.69, 9.17) is 0 Å². The van der Waals surface area contributed by atoms with Crippen molar-refractivity contribution in [2.24, 2.45) is 0 Å². The van der Waals surface area contributed by atoms with E-state index in [9.17, 15) is 0 Å².